The second-order valence-electron chi connectivity index (χ2n) is 5.74. The number of hydrogen-bond acceptors (Lipinski definition) is 2. The summed E-state index contributed by atoms with van der Waals surface area (Å²) in [6.07, 6.45) is 3.12. The first kappa shape index (κ1) is 17.8. The number of aromatic nitrogens is 1. The van der Waals surface area contributed by atoms with Gasteiger partial charge in [-0.15, -0.1) is 0 Å². The third kappa shape index (κ3) is 2.48. The maximum absolute atomic E-state index is 15.2. The van der Waals surface area contributed by atoms with Crippen LogP contribution in [0.3, 0.4) is 0 Å². The van der Waals surface area contributed by atoms with Gasteiger partial charge in [-0.2, -0.15) is 0 Å². The summed E-state index contributed by atoms with van der Waals surface area (Å²) in [6.45, 7) is -4.12. The summed E-state index contributed by atoms with van der Waals surface area (Å²) < 4.78 is 33.1. The molecule has 1 aromatic heterocycles. The monoisotopic (exact) mass is 547 g/mol. The van der Waals surface area contributed by atoms with Crippen molar-refractivity contribution < 1.29 is 18.0 Å². The van der Waals surface area contributed by atoms with E-state index in [2.05, 4.69) is 47.8 Å². The Morgan fingerprint density at radius 1 is 1.12 bits per heavy atom. The van der Waals surface area contributed by atoms with Gasteiger partial charge >= 0.3 is 6.97 Å². The summed E-state index contributed by atoms with van der Waals surface area (Å²) in [4.78, 5) is 10.7. The maximum atomic E-state index is 15.2. The standard InChI is InChI=1S/C15H7BBr3F2N3O2/c17-9-5-8(6-10(7-9)24(25)26)15-11-1-3-13(18)22(11)16(20,21)23-12(15)2-4-14(23)19/h1-7H. The fourth-order valence-electron chi connectivity index (χ4n) is 3.25. The van der Waals surface area contributed by atoms with Gasteiger partial charge in [0.15, 0.2) is 5.70 Å². The van der Waals surface area contributed by atoms with E-state index in [1.807, 2.05) is 0 Å². The summed E-state index contributed by atoms with van der Waals surface area (Å²) in [5.41, 5.74) is 1.40. The Kier molecular flexibility index (Phi) is 4.09. The van der Waals surface area contributed by atoms with Crippen molar-refractivity contribution in [2.24, 2.45) is 0 Å². The average Bonchev–Trinajstić information content (AvgIpc) is 3.12. The quantitative estimate of drug-likeness (QED) is 0.290. The first-order chi connectivity index (χ1) is 12.2. The highest BCUT2D eigenvalue weighted by Crippen LogP contribution is 2.43. The molecule has 1 aromatic carbocycles. The first-order valence-corrected chi connectivity index (χ1v) is 9.69. The minimum atomic E-state index is -4.12. The van der Waals surface area contributed by atoms with E-state index in [0.29, 0.717) is 15.6 Å². The van der Waals surface area contributed by atoms with Crippen molar-refractivity contribution in [1.82, 2.24) is 4.48 Å². The van der Waals surface area contributed by atoms with Crippen LogP contribution in [0.4, 0.5) is 14.3 Å². The van der Waals surface area contributed by atoms with Crippen LogP contribution in [0.1, 0.15) is 11.3 Å². The fourth-order valence-corrected chi connectivity index (χ4v) is 4.87. The molecule has 0 spiro atoms. The van der Waals surface area contributed by atoms with E-state index in [1.54, 1.807) is 18.2 Å². The van der Waals surface area contributed by atoms with Gasteiger partial charge < -0.3 is 17.6 Å². The Morgan fingerprint density at radius 3 is 2.54 bits per heavy atom. The van der Waals surface area contributed by atoms with Crippen LogP contribution in [0.2, 0.25) is 0 Å². The zero-order valence-corrected chi connectivity index (χ0v) is 17.4. The Hall–Kier alpha value is -1.59. The summed E-state index contributed by atoms with van der Waals surface area (Å²) in [5, 5.41) is 11.2. The number of nitro groups is 1. The van der Waals surface area contributed by atoms with Gasteiger partial charge in [-0.05, 0) is 39.7 Å². The van der Waals surface area contributed by atoms with Gasteiger partial charge in [-0.1, -0.05) is 15.9 Å². The van der Waals surface area contributed by atoms with E-state index in [0.717, 1.165) is 8.96 Å². The number of halogens is 5. The van der Waals surface area contributed by atoms with E-state index < -0.39 is 11.9 Å². The highest BCUT2D eigenvalue weighted by molar-refractivity contribution is 9.18. The molecule has 4 rings (SSSR count). The molecule has 0 fully saturated rings. The first-order valence-electron chi connectivity index (χ1n) is 7.31. The van der Waals surface area contributed by atoms with E-state index in [1.165, 1.54) is 24.3 Å². The largest absolute Gasteiger partial charge is 0.738 e. The topological polar surface area (TPSA) is 51.1 Å². The molecule has 0 atom stereocenters. The Morgan fingerprint density at radius 2 is 1.85 bits per heavy atom. The molecule has 0 unspecified atom stereocenters. The molecule has 0 saturated carbocycles. The van der Waals surface area contributed by atoms with Crippen LogP contribution < -0.4 is 0 Å². The van der Waals surface area contributed by atoms with Crippen molar-refractivity contribution >= 4 is 70.6 Å². The number of hydrogen-bond donors (Lipinski definition) is 0. The number of allylic oxidation sites excluding steroid dienone is 2. The molecular weight excluding hydrogens is 543 g/mol. The SMILES string of the molecule is O=[N+]([O-])c1cc(Br)cc(C2=C3C=CC(Br)=[N+]3[B-](F)(F)n3c(Br)ccc32)c1. The molecule has 0 bridgehead atoms. The minimum absolute atomic E-state index is 0.126. The number of rotatable bonds is 2. The molecule has 0 N–H and O–H groups in total. The lowest BCUT2D eigenvalue weighted by Crippen LogP contribution is -2.50. The number of nitro benzene ring substituents is 1. The van der Waals surface area contributed by atoms with Crippen LogP contribution in [-0.4, -0.2) is 25.5 Å². The molecule has 3 heterocycles. The molecule has 0 amide bonds. The van der Waals surface area contributed by atoms with Crippen LogP contribution in [0.5, 0.6) is 0 Å². The minimum Gasteiger partial charge on any atom is -0.389 e. The van der Waals surface area contributed by atoms with E-state index in [9.17, 15) is 10.1 Å². The van der Waals surface area contributed by atoms with Crippen LogP contribution in [0.15, 0.2) is 57.3 Å². The lowest BCUT2D eigenvalue weighted by Gasteiger charge is -2.32. The molecule has 0 radical (unpaired) electrons. The van der Waals surface area contributed by atoms with Gasteiger partial charge in [0, 0.05) is 50.4 Å². The second kappa shape index (κ2) is 5.96. The van der Waals surface area contributed by atoms with Crippen molar-refractivity contribution in [3.8, 4) is 0 Å². The van der Waals surface area contributed by atoms with Gasteiger partial charge in [-0.3, -0.25) is 10.1 Å². The normalized spacial score (nSPS) is 17.6. The lowest BCUT2D eigenvalue weighted by molar-refractivity contribution is -0.385. The van der Waals surface area contributed by atoms with Gasteiger partial charge in [-0.25, -0.2) is 0 Å². The van der Waals surface area contributed by atoms with Crippen molar-refractivity contribution in [2.45, 2.75) is 0 Å². The van der Waals surface area contributed by atoms with Crippen LogP contribution in [0.25, 0.3) is 5.57 Å². The van der Waals surface area contributed by atoms with Gasteiger partial charge in [0.2, 0.25) is 4.62 Å². The smallest absolute Gasteiger partial charge is 0.389 e. The fraction of sp³-hybridized carbons (Fsp3) is 0. The van der Waals surface area contributed by atoms with Crippen LogP contribution in [0, 0.1) is 10.1 Å². The molecule has 26 heavy (non-hydrogen) atoms. The molecule has 2 aliphatic heterocycles. The summed E-state index contributed by atoms with van der Waals surface area (Å²) in [7, 11) is 0. The second-order valence-corrected chi connectivity index (χ2v) is 8.28. The molecule has 0 saturated heterocycles. The Balaban J connectivity index is 2.10. The van der Waals surface area contributed by atoms with Crippen molar-refractivity contribution in [3.63, 3.8) is 0 Å². The highest BCUT2D eigenvalue weighted by atomic mass is 79.9. The van der Waals surface area contributed by atoms with Gasteiger partial charge in [0.25, 0.3) is 5.69 Å². The van der Waals surface area contributed by atoms with Gasteiger partial charge in [0.1, 0.15) is 0 Å². The third-order valence-corrected chi connectivity index (χ3v) is 6.00. The predicted molar refractivity (Wildman–Crippen MR) is 106 cm³/mol. The molecule has 11 heteroatoms. The number of non-ortho nitro benzene ring substituents is 1. The number of fused-ring (bicyclic) bond motifs is 2. The van der Waals surface area contributed by atoms with Gasteiger partial charge in [0.05, 0.1) is 15.1 Å². The molecule has 2 aliphatic rings. The number of benzene rings is 1. The van der Waals surface area contributed by atoms with Crippen LogP contribution >= 0.6 is 47.8 Å². The maximum Gasteiger partial charge on any atom is 0.738 e. The molecule has 0 aliphatic carbocycles. The predicted octanol–water partition coefficient (Wildman–Crippen LogP) is 5.29. The third-order valence-electron chi connectivity index (χ3n) is 4.25. The van der Waals surface area contributed by atoms with Crippen molar-refractivity contribution in [2.75, 3.05) is 0 Å². The Bertz CT molecular complexity index is 1090. The average molecular weight is 550 g/mol. The van der Waals surface area contributed by atoms with Crippen LogP contribution in [-0.2, 0) is 0 Å². The zero-order valence-electron chi connectivity index (χ0n) is 12.7. The summed E-state index contributed by atoms with van der Waals surface area (Å²) in [6, 6.07) is 7.54. The summed E-state index contributed by atoms with van der Waals surface area (Å²) >= 11 is 9.63. The van der Waals surface area contributed by atoms with Crippen molar-refractivity contribution in [3.05, 3.63) is 78.6 Å². The lowest BCUT2D eigenvalue weighted by atomic mass is 9.86. The molecular formula is C15H7BBr3F2N3O2. The molecule has 5 nitrogen and oxygen atoms in total. The Labute approximate surface area is 171 Å². The molecule has 2 aromatic rings. The van der Waals surface area contributed by atoms with E-state index in [-0.39, 0.29) is 26.3 Å². The zero-order chi connectivity index (χ0) is 18.8. The van der Waals surface area contributed by atoms with E-state index >= 15 is 8.63 Å². The van der Waals surface area contributed by atoms with E-state index in [4.69, 9.17) is 0 Å². The van der Waals surface area contributed by atoms with Crippen molar-refractivity contribution in [1.29, 1.82) is 0 Å². The number of nitrogens with zero attached hydrogens (tertiary/aromatic N) is 3. The molecule has 132 valence electrons. The highest BCUT2D eigenvalue weighted by Gasteiger charge is 2.54. The summed E-state index contributed by atoms with van der Waals surface area (Å²) in [5.74, 6) is 0.